The molecule has 0 bridgehead atoms. The van der Waals surface area contributed by atoms with Gasteiger partial charge in [-0.05, 0) is 101 Å². The highest BCUT2D eigenvalue weighted by Gasteiger charge is 2.31. The van der Waals surface area contributed by atoms with Gasteiger partial charge in [0.15, 0.2) is 17.3 Å². The van der Waals surface area contributed by atoms with E-state index in [1.54, 1.807) is 30.3 Å². The van der Waals surface area contributed by atoms with Crippen LogP contribution in [0.1, 0.15) is 39.9 Å². The van der Waals surface area contributed by atoms with Crippen LogP contribution in [0.5, 0.6) is 17.2 Å². The Kier molecular flexibility index (Phi) is 7.74. The van der Waals surface area contributed by atoms with Crippen LogP contribution in [0.15, 0.2) is 70.8 Å². The monoisotopic (exact) mass is 658 g/mol. The standard InChI is InChI=1S/C34H32BrFN4O4/c1-20-12-24(6-7-30(20)44-31-5-3-2-4-29(31)36)40-34(37)27(17-38-40)33(41)23-13-21-15-28(35)32(16-22(21)14-23)43-26-8-10-39(11-9-26)25-18-42-19-25/h2-7,12,14-17,25-26H,8-11,13,18-19,37H2,1H3. The molecule has 0 spiro atoms. The van der Waals surface area contributed by atoms with Crippen LogP contribution in [-0.2, 0) is 11.2 Å². The summed E-state index contributed by atoms with van der Waals surface area (Å²) in [5.74, 6) is 1.10. The van der Waals surface area contributed by atoms with Crippen molar-refractivity contribution in [3.8, 4) is 22.9 Å². The summed E-state index contributed by atoms with van der Waals surface area (Å²) in [6.07, 6.45) is 6.04. The van der Waals surface area contributed by atoms with E-state index in [9.17, 15) is 9.18 Å². The molecule has 7 rings (SSSR count). The van der Waals surface area contributed by atoms with Gasteiger partial charge < -0.3 is 19.9 Å². The van der Waals surface area contributed by atoms with Gasteiger partial charge >= 0.3 is 0 Å². The lowest BCUT2D eigenvalue weighted by Crippen LogP contribution is -2.52. The average Bonchev–Trinajstić information content (AvgIpc) is 3.58. The number of anilines is 1. The maximum atomic E-state index is 14.1. The highest BCUT2D eigenvalue weighted by atomic mass is 79.9. The van der Waals surface area contributed by atoms with Crippen LogP contribution < -0.4 is 15.2 Å². The molecule has 0 saturated carbocycles. The molecule has 0 radical (unpaired) electrons. The van der Waals surface area contributed by atoms with Gasteiger partial charge in [0, 0.05) is 25.1 Å². The molecule has 3 aromatic carbocycles. The smallest absolute Gasteiger partial charge is 0.194 e. The molecule has 44 heavy (non-hydrogen) atoms. The van der Waals surface area contributed by atoms with Crippen LogP contribution in [0.4, 0.5) is 10.2 Å². The SMILES string of the molecule is Cc1cc(-n2ncc(C(=O)C3=Cc4cc(OC5CCN(C6COC6)CC5)c(Br)cc4C3)c2N)ccc1Oc1ccccc1F. The molecule has 0 amide bonds. The Balaban J connectivity index is 1.04. The number of fused-ring (bicyclic) bond motifs is 1. The average molecular weight is 660 g/mol. The molecule has 4 aromatic rings. The predicted octanol–water partition coefficient (Wildman–Crippen LogP) is 6.52. The summed E-state index contributed by atoms with van der Waals surface area (Å²) in [6, 6.07) is 16.2. The Hall–Kier alpha value is -3.99. The number of ether oxygens (including phenoxy) is 3. The Morgan fingerprint density at radius 1 is 1.07 bits per heavy atom. The summed E-state index contributed by atoms with van der Waals surface area (Å²) in [6.45, 7) is 5.56. The molecule has 1 aromatic heterocycles. The second-order valence-corrected chi connectivity index (χ2v) is 12.4. The zero-order valence-electron chi connectivity index (χ0n) is 24.3. The van der Waals surface area contributed by atoms with E-state index in [0.717, 1.165) is 66.1 Å². The number of halogens is 2. The van der Waals surface area contributed by atoms with Crippen molar-refractivity contribution in [2.75, 3.05) is 32.0 Å². The number of nitrogens with two attached hydrogens (primary N) is 1. The van der Waals surface area contributed by atoms with E-state index in [4.69, 9.17) is 19.9 Å². The van der Waals surface area contributed by atoms with Crippen LogP contribution in [0.2, 0.25) is 0 Å². The summed E-state index contributed by atoms with van der Waals surface area (Å²) in [5, 5.41) is 4.42. The van der Waals surface area contributed by atoms with Gasteiger partial charge in [-0.25, -0.2) is 9.07 Å². The van der Waals surface area contributed by atoms with Crippen molar-refractivity contribution < 1.29 is 23.4 Å². The third-order valence-corrected chi connectivity index (χ3v) is 9.23. The van der Waals surface area contributed by atoms with Crippen LogP contribution in [0.25, 0.3) is 11.8 Å². The van der Waals surface area contributed by atoms with Crippen LogP contribution in [0, 0.1) is 12.7 Å². The maximum Gasteiger partial charge on any atom is 0.194 e. The normalized spacial score (nSPS) is 17.2. The number of rotatable bonds is 8. The Morgan fingerprint density at radius 2 is 1.86 bits per heavy atom. The highest BCUT2D eigenvalue weighted by molar-refractivity contribution is 9.10. The largest absolute Gasteiger partial charge is 0.489 e. The van der Waals surface area contributed by atoms with E-state index in [1.807, 2.05) is 31.2 Å². The first-order chi connectivity index (χ1) is 21.3. The highest BCUT2D eigenvalue weighted by Crippen LogP contribution is 2.37. The number of allylic oxidation sites excluding steroid dienone is 1. The van der Waals surface area contributed by atoms with Gasteiger partial charge in [-0.15, -0.1) is 0 Å². The van der Waals surface area contributed by atoms with Crippen LogP contribution >= 0.6 is 15.9 Å². The molecule has 3 aliphatic rings. The van der Waals surface area contributed by atoms with Crippen molar-refractivity contribution in [2.45, 2.75) is 38.3 Å². The Morgan fingerprint density at radius 3 is 2.59 bits per heavy atom. The minimum atomic E-state index is -0.439. The quantitative estimate of drug-likeness (QED) is 0.216. The van der Waals surface area contributed by atoms with E-state index in [0.29, 0.717) is 35.0 Å². The molecule has 1 aliphatic carbocycles. The fourth-order valence-corrected chi connectivity index (χ4v) is 6.47. The minimum Gasteiger partial charge on any atom is -0.489 e. The first-order valence-corrected chi connectivity index (χ1v) is 15.6. The Bertz CT molecular complexity index is 1780. The lowest BCUT2D eigenvalue weighted by atomic mass is 10.0. The number of aryl methyl sites for hydroxylation is 1. The van der Waals surface area contributed by atoms with Crippen molar-refractivity contribution in [3.05, 3.63) is 98.9 Å². The molecule has 8 nitrogen and oxygen atoms in total. The van der Waals surface area contributed by atoms with E-state index in [-0.39, 0.29) is 23.5 Å². The molecule has 2 saturated heterocycles. The molecule has 3 heterocycles. The second-order valence-electron chi connectivity index (χ2n) is 11.5. The number of carbonyl (C=O) groups is 1. The van der Waals surface area contributed by atoms with E-state index >= 15 is 0 Å². The van der Waals surface area contributed by atoms with Gasteiger partial charge in [-0.2, -0.15) is 5.10 Å². The van der Waals surface area contributed by atoms with Crippen LogP contribution in [-0.4, -0.2) is 58.9 Å². The molecule has 0 atom stereocenters. The van der Waals surface area contributed by atoms with E-state index in [1.165, 1.54) is 16.9 Å². The molecule has 2 fully saturated rings. The summed E-state index contributed by atoms with van der Waals surface area (Å²) in [4.78, 5) is 16.1. The molecule has 10 heteroatoms. The molecular formula is C34H32BrFN4O4. The number of benzene rings is 3. The van der Waals surface area contributed by atoms with Gasteiger partial charge in [-0.3, -0.25) is 9.69 Å². The third-order valence-electron chi connectivity index (χ3n) is 8.61. The maximum absolute atomic E-state index is 14.1. The predicted molar refractivity (Wildman–Crippen MR) is 169 cm³/mol. The molecule has 2 aliphatic heterocycles. The van der Waals surface area contributed by atoms with Crippen molar-refractivity contribution in [1.82, 2.24) is 14.7 Å². The number of aromatic nitrogens is 2. The number of hydrogen-bond acceptors (Lipinski definition) is 7. The zero-order valence-corrected chi connectivity index (χ0v) is 25.8. The number of para-hydroxylation sites is 1. The first-order valence-electron chi connectivity index (χ1n) is 14.8. The fourth-order valence-electron chi connectivity index (χ4n) is 5.99. The number of ketones is 1. The molecule has 226 valence electrons. The molecule has 0 unspecified atom stereocenters. The van der Waals surface area contributed by atoms with Crippen molar-refractivity contribution in [2.24, 2.45) is 0 Å². The number of hydrogen-bond donors (Lipinski definition) is 1. The van der Waals surface area contributed by atoms with Crippen molar-refractivity contribution >= 4 is 33.6 Å². The van der Waals surface area contributed by atoms with Gasteiger partial charge in [0.1, 0.15) is 23.4 Å². The summed E-state index contributed by atoms with van der Waals surface area (Å²) < 4.78 is 34.0. The second kappa shape index (κ2) is 11.8. The van der Waals surface area contributed by atoms with Gasteiger partial charge in [0.05, 0.1) is 41.2 Å². The zero-order chi connectivity index (χ0) is 30.4. The lowest BCUT2D eigenvalue weighted by Gasteiger charge is -2.41. The third kappa shape index (κ3) is 5.53. The van der Waals surface area contributed by atoms with Gasteiger partial charge in [-0.1, -0.05) is 12.1 Å². The molecule has 2 N–H and O–H groups in total. The van der Waals surface area contributed by atoms with Gasteiger partial charge in [0.2, 0.25) is 0 Å². The summed E-state index contributed by atoms with van der Waals surface area (Å²) >= 11 is 3.69. The number of Topliss-reactive ketones (excluding diaryl/α,β-unsaturated/α-hetero) is 1. The van der Waals surface area contributed by atoms with Crippen molar-refractivity contribution in [1.29, 1.82) is 0 Å². The number of nitrogens with zero attached hydrogens (tertiary/aromatic N) is 3. The number of nitrogen functional groups attached to an aromatic ring is 1. The summed E-state index contributed by atoms with van der Waals surface area (Å²) in [5.41, 5.74) is 10.9. The fraction of sp³-hybridized carbons (Fsp3) is 0.294. The summed E-state index contributed by atoms with van der Waals surface area (Å²) in [7, 11) is 0. The van der Waals surface area contributed by atoms with Crippen LogP contribution in [0.3, 0.4) is 0 Å². The Labute approximate surface area is 263 Å². The van der Waals surface area contributed by atoms with E-state index in [2.05, 4.69) is 25.9 Å². The van der Waals surface area contributed by atoms with Crippen molar-refractivity contribution in [3.63, 3.8) is 0 Å². The first kappa shape index (κ1) is 28.8. The topological polar surface area (TPSA) is 91.8 Å². The van der Waals surface area contributed by atoms with E-state index < -0.39 is 5.82 Å². The molecular weight excluding hydrogens is 627 g/mol. The number of likely N-dealkylation sites (tertiary alicyclic amines) is 1. The number of carbonyl (C=O) groups excluding carboxylic acids is 1. The van der Waals surface area contributed by atoms with Gasteiger partial charge in [0.25, 0.3) is 0 Å². The minimum absolute atomic E-state index is 0.145. The lowest BCUT2D eigenvalue weighted by molar-refractivity contribution is -0.0778. The number of piperidine rings is 1.